The van der Waals surface area contributed by atoms with Gasteiger partial charge < -0.3 is 4.74 Å². The number of benzene rings is 2. The molecule has 0 unspecified atom stereocenters. The molecule has 20 heavy (non-hydrogen) atoms. The topological polar surface area (TPSA) is 45.9 Å². The second-order valence-electron chi connectivity index (χ2n) is 4.19. The molecule has 0 aliphatic carbocycles. The van der Waals surface area contributed by atoms with E-state index in [4.69, 9.17) is 10.00 Å². The summed E-state index contributed by atoms with van der Waals surface area (Å²) in [6, 6.07) is 15.5. The van der Waals surface area contributed by atoms with Crippen molar-refractivity contribution >= 4 is 10.9 Å². The number of nitriles is 1. The molecule has 0 aliphatic heterocycles. The van der Waals surface area contributed by atoms with Gasteiger partial charge in [0.2, 0.25) is 0 Å². The number of halogens is 1. The molecule has 0 fully saturated rings. The summed E-state index contributed by atoms with van der Waals surface area (Å²) in [7, 11) is 0. The molecule has 0 radical (unpaired) electrons. The summed E-state index contributed by atoms with van der Waals surface area (Å²) >= 11 is 0. The van der Waals surface area contributed by atoms with E-state index < -0.39 is 5.82 Å². The van der Waals surface area contributed by atoms with Crippen molar-refractivity contribution in [3.63, 3.8) is 0 Å². The lowest BCUT2D eigenvalue weighted by Crippen LogP contribution is -1.92. The van der Waals surface area contributed by atoms with E-state index in [0.717, 1.165) is 10.9 Å². The Labute approximate surface area is 114 Å². The van der Waals surface area contributed by atoms with E-state index in [1.165, 1.54) is 12.1 Å². The molecule has 1 heterocycles. The number of ether oxygens (including phenoxy) is 1. The van der Waals surface area contributed by atoms with Gasteiger partial charge in [0.1, 0.15) is 28.9 Å². The first kappa shape index (κ1) is 12.1. The predicted octanol–water partition coefficient (Wildman–Crippen LogP) is 4.04. The summed E-state index contributed by atoms with van der Waals surface area (Å²) in [5, 5.41) is 9.88. The van der Waals surface area contributed by atoms with E-state index >= 15 is 0 Å². The molecule has 0 saturated heterocycles. The molecule has 0 bridgehead atoms. The normalized spacial score (nSPS) is 10.2. The number of aromatic nitrogens is 1. The monoisotopic (exact) mass is 264 g/mol. The highest BCUT2D eigenvalue weighted by atomic mass is 19.1. The number of nitrogens with zero attached hydrogens (tertiary/aromatic N) is 2. The van der Waals surface area contributed by atoms with E-state index in [0.29, 0.717) is 5.75 Å². The number of para-hydroxylation sites is 1. The first-order chi connectivity index (χ1) is 9.78. The van der Waals surface area contributed by atoms with E-state index in [2.05, 4.69) is 4.98 Å². The molecule has 3 rings (SSSR count). The first-order valence-corrected chi connectivity index (χ1v) is 5.99. The Kier molecular flexibility index (Phi) is 3.02. The lowest BCUT2D eigenvalue weighted by atomic mass is 10.2. The van der Waals surface area contributed by atoms with Crippen LogP contribution in [0.15, 0.2) is 54.7 Å². The van der Waals surface area contributed by atoms with Crippen LogP contribution in [0.4, 0.5) is 4.39 Å². The zero-order chi connectivity index (χ0) is 13.9. The fourth-order valence-electron chi connectivity index (χ4n) is 1.93. The molecule has 3 aromatic rings. The van der Waals surface area contributed by atoms with Crippen LogP contribution < -0.4 is 4.74 Å². The van der Waals surface area contributed by atoms with Gasteiger partial charge in [-0.25, -0.2) is 4.39 Å². The fraction of sp³-hybridized carbons (Fsp3) is 0. The smallest absolute Gasteiger partial charge is 0.148 e. The number of hydrogen-bond acceptors (Lipinski definition) is 3. The van der Waals surface area contributed by atoms with Gasteiger partial charge in [-0.3, -0.25) is 4.98 Å². The zero-order valence-electron chi connectivity index (χ0n) is 10.4. The third-order valence-electron chi connectivity index (χ3n) is 2.88. The maximum Gasteiger partial charge on any atom is 0.148 e. The van der Waals surface area contributed by atoms with Crippen LogP contribution in [-0.2, 0) is 0 Å². The van der Waals surface area contributed by atoms with Crippen molar-refractivity contribution < 1.29 is 9.13 Å². The van der Waals surface area contributed by atoms with Crippen molar-refractivity contribution in [3.05, 3.63) is 66.1 Å². The SMILES string of the molecule is N#Cc1c(F)cccc1Oc1cnc2ccccc2c1. The van der Waals surface area contributed by atoms with Gasteiger partial charge in [-0.1, -0.05) is 24.3 Å². The van der Waals surface area contributed by atoms with Crippen LogP contribution >= 0.6 is 0 Å². The molecule has 4 heteroatoms. The molecule has 0 aliphatic rings. The van der Waals surface area contributed by atoms with E-state index in [1.807, 2.05) is 24.3 Å². The maximum atomic E-state index is 13.5. The highest BCUT2D eigenvalue weighted by Gasteiger charge is 2.10. The van der Waals surface area contributed by atoms with Gasteiger partial charge in [-0.05, 0) is 24.3 Å². The molecule has 0 spiro atoms. The Bertz CT molecular complexity index is 824. The third kappa shape index (κ3) is 2.17. The number of fused-ring (bicyclic) bond motifs is 1. The summed E-state index contributed by atoms with van der Waals surface area (Å²) in [5.41, 5.74) is 0.736. The third-order valence-corrected chi connectivity index (χ3v) is 2.88. The van der Waals surface area contributed by atoms with E-state index in [1.54, 1.807) is 24.4 Å². The Balaban J connectivity index is 2.02. The van der Waals surface area contributed by atoms with Crippen LogP contribution in [0.3, 0.4) is 0 Å². The minimum Gasteiger partial charge on any atom is -0.454 e. The molecule has 1 aromatic heterocycles. The van der Waals surface area contributed by atoms with Crippen molar-refractivity contribution in [1.82, 2.24) is 4.98 Å². The average molecular weight is 264 g/mol. The van der Waals surface area contributed by atoms with Gasteiger partial charge in [0, 0.05) is 5.39 Å². The summed E-state index contributed by atoms with van der Waals surface area (Å²) in [6.45, 7) is 0. The van der Waals surface area contributed by atoms with Gasteiger partial charge in [0.25, 0.3) is 0 Å². The van der Waals surface area contributed by atoms with Crippen LogP contribution in [0.5, 0.6) is 11.5 Å². The first-order valence-electron chi connectivity index (χ1n) is 5.99. The number of rotatable bonds is 2. The van der Waals surface area contributed by atoms with Crippen molar-refractivity contribution in [2.24, 2.45) is 0 Å². The van der Waals surface area contributed by atoms with Gasteiger partial charge in [0.05, 0.1) is 11.7 Å². The van der Waals surface area contributed by atoms with E-state index in [-0.39, 0.29) is 11.3 Å². The molecule has 2 aromatic carbocycles. The van der Waals surface area contributed by atoms with Crippen molar-refractivity contribution in [3.8, 4) is 17.6 Å². The van der Waals surface area contributed by atoms with Crippen LogP contribution in [-0.4, -0.2) is 4.98 Å². The zero-order valence-corrected chi connectivity index (χ0v) is 10.4. The molecule has 0 N–H and O–H groups in total. The summed E-state index contributed by atoms with van der Waals surface area (Å²) in [5.74, 6) is 0.0501. The summed E-state index contributed by atoms with van der Waals surface area (Å²) in [4.78, 5) is 4.25. The Morgan fingerprint density at radius 3 is 2.80 bits per heavy atom. The molecule has 0 atom stereocenters. The molecule has 0 saturated carbocycles. The van der Waals surface area contributed by atoms with Crippen molar-refractivity contribution in [2.75, 3.05) is 0 Å². The average Bonchev–Trinajstić information content (AvgIpc) is 2.47. The van der Waals surface area contributed by atoms with Crippen LogP contribution in [0.25, 0.3) is 10.9 Å². The molecule has 0 amide bonds. The second-order valence-corrected chi connectivity index (χ2v) is 4.19. The van der Waals surface area contributed by atoms with Gasteiger partial charge in [0.15, 0.2) is 0 Å². The molecule has 3 nitrogen and oxygen atoms in total. The second kappa shape index (κ2) is 4.98. The highest BCUT2D eigenvalue weighted by molar-refractivity contribution is 5.79. The number of pyridine rings is 1. The van der Waals surface area contributed by atoms with Crippen LogP contribution in [0.2, 0.25) is 0 Å². The minimum atomic E-state index is -0.598. The molecular weight excluding hydrogens is 255 g/mol. The molecular formula is C16H9FN2O. The number of hydrogen-bond donors (Lipinski definition) is 0. The lowest BCUT2D eigenvalue weighted by molar-refractivity contribution is 0.473. The van der Waals surface area contributed by atoms with Crippen LogP contribution in [0.1, 0.15) is 5.56 Å². The minimum absolute atomic E-state index is 0.111. The molecule has 96 valence electrons. The highest BCUT2D eigenvalue weighted by Crippen LogP contribution is 2.27. The maximum absolute atomic E-state index is 13.5. The lowest BCUT2D eigenvalue weighted by Gasteiger charge is -2.08. The predicted molar refractivity (Wildman–Crippen MR) is 72.9 cm³/mol. The Morgan fingerprint density at radius 1 is 1.10 bits per heavy atom. The summed E-state index contributed by atoms with van der Waals surface area (Å²) in [6.07, 6.45) is 1.55. The van der Waals surface area contributed by atoms with Crippen molar-refractivity contribution in [2.45, 2.75) is 0 Å². The van der Waals surface area contributed by atoms with E-state index in [9.17, 15) is 4.39 Å². The van der Waals surface area contributed by atoms with Gasteiger partial charge >= 0.3 is 0 Å². The quantitative estimate of drug-likeness (QED) is 0.701. The Hall–Kier alpha value is -2.93. The van der Waals surface area contributed by atoms with Crippen LogP contribution in [0, 0.1) is 17.1 Å². The Morgan fingerprint density at radius 2 is 1.95 bits per heavy atom. The van der Waals surface area contributed by atoms with Gasteiger partial charge in [-0.15, -0.1) is 0 Å². The largest absolute Gasteiger partial charge is 0.454 e. The fourth-order valence-corrected chi connectivity index (χ4v) is 1.93. The summed E-state index contributed by atoms with van der Waals surface area (Å²) < 4.78 is 19.1. The standard InChI is InChI=1S/C16H9FN2O/c17-14-5-3-7-16(13(14)9-18)20-12-8-11-4-1-2-6-15(11)19-10-12/h1-8,10H. The van der Waals surface area contributed by atoms with Crippen molar-refractivity contribution in [1.29, 1.82) is 5.26 Å². The van der Waals surface area contributed by atoms with Gasteiger partial charge in [-0.2, -0.15) is 5.26 Å².